The Kier molecular flexibility index (Phi) is 6.91. The molecule has 0 bridgehead atoms. The van der Waals surface area contributed by atoms with E-state index in [0.717, 1.165) is 11.6 Å². The fourth-order valence-electron chi connectivity index (χ4n) is 3.10. The van der Waals surface area contributed by atoms with Gasteiger partial charge in [-0.05, 0) is 36.2 Å². The van der Waals surface area contributed by atoms with Crippen LogP contribution < -0.4 is 10.5 Å². The van der Waals surface area contributed by atoms with Gasteiger partial charge in [0.2, 0.25) is 20.0 Å². The first-order chi connectivity index (χ1) is 14.6. The predicted molar refractivity (Wildman–Crippen MR) is 113 cm³/mol. The molecule has 11 nitrogen and oxygen atoms in total. The number of anilines is 1. The Labute approximate surface area is 180 Å². The van der Waals surface area contributed by atoms with E-state index in [0.29, 0.717) is 13.0 Å². The predicted octanol–water partition coefficient (Wildman–Crippen LogP) is 0.918. The smallest absolute Gasteiger partial charge is 0.293 e. The zero-order valence-corrected chi connectivity index (χ0v) is 18.1. The molecule has 0 amide bonds. The van der Waals surface area contributed by atoms with Crippen LogP contribution in [0.5, 0.6) is 0 Å². The molecule has 3 rings (SSSR count). The monoisotopic (exact) mass is 470 g/mol. The number of benzene rings is 2. The molecule has 0 saturated carbocycles. The van der Waals surface area contributed by atoms with Crippen LogP contribution in [0.15, 0.2) is 52.3 Å². The van der Waals surface area contributed by atoms with Crippen LogP contribution in [-0.4, -0.2) is 58.9 Å². The topological polar surface area (TPSA) is 162 Å². The molecule has 1 fully saturated rings. The van der Waals surface area contributed by atoms with Crippen LogP contribution in [0, 0.1) is 10.1 Å². The number of nitro groups is 1. The molecule has 1 saturated heterocycles. The van der Waals surface area contributed by atoms with Crippen LogP contribution in [0.25, 0.3) is 0 Å². The maximum atomic E-state index is 12.7. The molecule has 2 aromatic carbocycles. The molecule has 2 aromatic rings. The van der Waals surface area contributed by atoms with Gasteiger partial charge in [0, 0.05) is 25.7 Å². The van der Waals surface area contributed by atoms with Crippen molar-refractivity contribution in [2.75, 3.05) is 38.2 Å². The van der Waals surface area contributed by atoms with Gasteiger partial charge >= 0.3 is 0 Å². The third kappa shape index (κ3) is 5.57. The minimum absolute atomic E-state index is 0.00286. The van der Waals surface area contributed by atoms with Gasteiger partial charge in [-0.1, -0.05) is 12.1 Å². The highest BCUT2D eigenvalue weighted by atomic mass is 32.2. The summed E-state index contributed by atoms with van der Waals surface area (Å²) in [5.74, 6) is 0. The Morgan fingerprint density at radius 1 is 1.03 bits per heavy atom. The van der Waals surface area contributed by atoms with Crippen molar-refractivity contribution in [3.8, 4) is 0 Å². The molecule has 13 heteroatoms. The van der Waals surface area contributed by atoms with Gasteiger partial charge in [0.15, 0.2) is 0 Å². The first-order valence-corrected chi connectivity index (χ1v) is 12.3. The number of morpholine rings is 1. The zero-order valence-electron chi connectivity index (χ0n) is 16.4. The van der Waals surface area contributed by atoms with Crippen molar-refractivity contribution in [3.63, 3.8) is 0 Å². The molecular formula is C18H22N4O7S2. The standard InChI is InChI=1S/C18H22N4O7S2/c19-30(25,26)15-3-1-14(2-4-15)7-8-20-17-6-5-16(13-18(17)22(23)24)31(27,28)21-9-11-29-12-10-21/h1-6,13,20H,7-12H2,(H2,19,25,26). The highest BCUT2D eigenvalue weighted by Crippen LogP contribution is 2.29. The lowest BCUT2D eigenvalue weighted by molar-refractivity contribution is -0.384. The van der Waals surface area contributed by atoms with Crippen LogP contribution in [-0.2, 0) is 31.2 Å². The number of hydrogen-bond donors (Lipinski definition) is 2. The highest BCUT2D eigenvalue weighted by molar-refractivity contribution is 7.89. The number of primary sulfonamides is 1. The van der Waals surface area contributed by atoms with E-state index in [1.807, 2.05) is 0 Å². The number of ether oxygens (including phenoxy) is 1. The van der Waals surface area contributed by atoms with E-state index >= 15 is 0 Å². The highest BCUT2D eigenvalue weighted by Gasteiger charge is 2.28. The van der Waals surface area contributed by atoms with Gasteiger partial charge < -0.3 is 10.1 Å². The summed E-state index contributed by atoms with van der Waals surface area (Å²) in [5.41, 5.74) is 0.639. The number of nitrogens with zero attached hydrogens (tertiary/aromatic N) is 2. The minimum Gasteiger partial charge on any atom is -0.379 e. The molecule has 0 aromatic heterocycles. The lowest BCUT2D eigenvalue weighted by Crippen LogP contribution is -2.40. The number of nitrogens with one attached hydrogen (secondary N) is 1. The second kappa shape index (κ2) is 9.28. The van der Waals surface area contributed by atoms with Crippen molar-refractivity contribution in [1.29, 1.82) is 0 Å². The summed E-state index contributed by atoms with van der Waals surface area (Å²) in [5, 5.41) is 19.5. The lowest BCUT2D eigenvalue weighted by Gasteiger charge is -2.26. The van der Waals surface area contributed by atoms with Gasteiger partial charge in [0.25, 0.3) is 5.69 Å². The van der Waals surface area contributed by atoms with Crippen molar-refractivity contribution >= 4 is 31.4 Å². The van der Waals surface area contributed by atoms with Crippen molar-refractivity contribution < 1.29 is 26.5 Å². The van der Waals surface area contributed by atoms with Crippen molar-refractivity contribution in [1.82, 2.24) is 4.31 Å². The average Bonchev–Trinajstić information content (AvgIpc) is 2.74. The minimum atomic E-state index is -3.85. The number of hydrogen-bond acceptors (Lipinski definition) is 8. The van der Waals surface area contributed by atoms with E-state index in [2.05, 4.69) is 5.32 Å². The van der Waals surface area contributed by atoms with E-state index in [1.54, 1.807) is 12.1 Å². The molecule has 1 aliphatic heterocycles. The van der Waals surface area contributed by atoms with E-state index < -0.39 is 25.0 Å². The summed E-state index contributed by atoms with van der Waals surface area (Å²) < 4.78 is 54.5. The summed E-state index contributed by atoms with van der Waals surface area (Å²) in [6.45, 7) is 1.25. The second-order valence-corrected chi connectivity index (χ2v) is 10.3. The molecule has 1 heterocycles. The molecule has 0 aliphatic carbocycles. The normalized spacial score (nSPS) is 15.5. The Morgan fingerprint density at radius 2 is 1.65 bits per heavy atom. The van der Waals surface area contributed by atoms with Gasteiger partial charge in [-0.15, -0.1) is 0 Å². The average molecular weight is 471 g/mol. The maximum Gasteiger partial charge on any atom is 0.293 e. The fourth-order valence-corrected chi connectivity index (χ4v) is 5.04. The first kappa shape index (κ1) is 23.1. The van der Waals surface area contributed by atoms with Crippen molar-refractivity contribution in [2.45, 2.75) is 16.2 Å². The van der Waals surface area contributed by atoms with Crippen LogP contribution >= 0.6 is 0 Å². The van der Waals surface area contributed by atoms with Gasteiger partial charge in [-0.25, -0.2) is 22.0 Å². The first-order valence-electron chi connectivity index (χ1n) is 9.31. The molecule has 3 N–H and O–H groups in total. The molecular weight excluding hydrogens is 448 g/mol. The second-order valence-electron chi connectivity index (χ2n) is 6.82. The lowest BCUT2D eigenvalue weighted by atomic mass is 10.1. The SMILES string of the molecule is NS(=O)(=O)c1ccc(CCNc2ccc(S(=O)(=O)N3CCOCC3)cc2[N+](=O)[O-])cc1. The molecule has 1 aliphatic rings. The third-order valence-electron chi connectivity index (χ3n) is 4.75. The molecule has 31 heavy (non-hydrogen) atoms. The number of nitrogens with two attached hydrogens (primary N) is 1. The van der Waals surface area contributed by atoms with Gasteiger partial charge in [0.1, 0.15) is 5.69 Å². The molecule has 0 radical (unpaired) electrons. The van der Waals surface area contributed by atoms with E-state index in [4.69, 9.17) is 9.88 Å². The van der Waals surface area contributed by atoms with E-state index in [9.17, 15) is 26.9 Å². The summed E-state index contributed by atoms with van der Waals surface area (Å²) in [6.07, 6.45) is 0.454. The quantitative estimate of drug-likeness (QED) is 0.425. The number of rotatable bonds is 8. The van der Waals surface area contributed by atoms with Crippen LogP contribution in [0.4, 0.5) is 11.4 Å². The Morgan fingerprint density at radius 3 is 2.23 bits per heavy atom. The van der Waals surface area contributed by atoms with Crippen molar-refractivity contribution in [2.24, 2.45) is 5.14 Å². The third-order valence-corrected chi connectivity index (χ3v) is 7.58. The Balaban J connectivity index is 1.72. The summed E-state index contributed by atoms with van der Waals surface area (Å²) in [4.78, 5) is 10.7. The van der Waals surface area contributed by atoms with Crippen LogP contribution in [0.3, 0.4) is 0 Å². The van der Waals surface area contributed by atoms with Crippen molar-refractivity contribution in [3.05, 3.63) is 58.1 Å². The summed E-state index contributed by atoms with van der Waals surface area (Å²) in [6, 6.07) is 9.74. The zero-order chi connectivity index (χ0) is 22.6. The number of sulfonamides is 2. The summed E-state index contributed by atoms with van der Waals surface area (Å²) in [7, 11) is -7.63. The van der Waals surface area contributed by atoms with Gasteiger partial charge in [-0.3, -0.25) is 10.1 Å². The maximum absolute atomic E-state index is 12.7. The molecule has 0 spiro atoms. The van der Waals surface area contributed by atoms with Gasteiger partial charge in [-0.2, -0.15) is 4.31 Å². The number of nitro benzene ring substituents is 1. The summed E-state index contributed by atoms with van der Waals surface area (Å²) >= 11 is 0. The molecule has 0 unspecified atom stereocenters. The molecule has 0 atom stereocenters. The van der Waals surface area contributed by atoms with Crippen LogP contribution in [0.1, 0.15) is 5.56 Å². The molecule has 168 valence electrons. The van der Waals surface area contributed by atoms with Gasteiger partial charge in [0.05, 0.1) is 27.9 Å². The Hall–Kier alpha value is -2.58. The van der Waals surface area contributed by atoms with Crippen LogP contribution in [0.2, 0.25) is 0 Å². The largest absolute Gasteiger partial charge is 0.379 e. The van der Waals surface area contributed by atoms with E-state index in [1.165, 1.54) is 28.6 Å². The van der Waals surface area contributed by atoms with E-state index in [-0.39, 0.29) is 47.5 Å². The fraction of sp³-hybridized carbons (Fsp3) is 0.333. The Bertz CT molecular complexity index is 1160.